The second kappa shape index (κ2) is 8.59. The number of benzene rings is 2. The Bertz CT molecular complexity index is 948. The molecule has 4 rings (SSSR count). The first-order valence-corrected chi connectivity index (χ1v) is 9.95. The van der Waals surface area contributed by atoms with Gasteiger partial charge >= 0.3 is 0 Å². The van der Waals surface area contributed by atoms with Crippen LogP contribution in [0.15, 0.2) is 66.9 Å². The van der Waals surface area contributed by atoms with Crippen LogP contribution >= 0.6 is 0 Å². The minimum atomic E-state index is -0.856. The third kappa shape index (κ3) is 4.55. The van der Waals surface area contributed by atoms with Gasteiger partial charge in [0.2, 0.25) is 5.91 Å². The number of ether oxygens (including phenoxy) is 1. The lowest BCUT2D eigenvalue weighted by Crippen LogP contribution is -2.56. The van der Waals surface area contributed by atoms with E-state index in [2.05, 4.69) is 17.4 Å². The summed E-state index contributed by atoms with van der Waals surface area (Å²) < 4.78 is 7.26. The van der Waals surface area contributed by atoms with Gasteiger partial charge in [-0.1, -0.05) is 60.7 Å². The summed E-state index contributed by atoms with van der Waals surface area (Å²) in [5.41, 5.74) is 9.50. The number of carbonyl (C=O) groups is 1. The van der Waals surface area contributed by atoms with Gasteiger partial charge in [0.1, 0.15) is 0 Å². The molecule has 2 heterocycles. The van der Waals surface area contributed by atoms with Crippen LogP contribution in [0.3, 0.4) is 0 Å². The fourth-order valence-electron chi connectivity index (χ4n) is 3.60. The summed E-state index contributed by atoms with van der Waals surface area (Å²) in [5.74, 6) is -0.129. The zero-order valence-electron chi connectivity index (χ0n) is 16.4. The number of carbonyl (C=O) groups excluding carboxylic acids is 1. The quantitative estimate of drug-likeness (QED) is 0.678. The van der Waals surface area contributed by atoms with Gasteiger partial charge in [0, 0.05) is 37.1 Å². The Morgan fingerprint density at radius 2 is 1.72 bits per heavy atom. The molecule has 1 saturated heterocycles. The van der Waals surface area contributed by atoms with Crippen molar-refractivity contribution in [3.05, 3.63) is 78.0 Å². The van der Waals surface area contributed by atoms with Crippen molar-refractivity contribution in [1.29, 1.82) is 0 Å². The maximum atomic E-state index is 12.7. The molecule has 6 nitrogen and oxygen atoms in total. The van der Waals surface area contributed by atoms with Crippen LogP contribution in [0.25, 0.3) is 11.3 Å². The first-order valence-electron chi connectivity index (χ1n) is 9.95. The van der Waals surface area contributed by atoms with E-state index in [0.29, 0.717) is 39.1 Å². The summed E-state index contributed by atoms with van der Waals surface area (Å²) in [6.45, 7) is 2.10. The van der Waals surface area contributed by atoms with Gasteiger partial charge in [-0.3, -0.25) is 9.48 Å². The van der Waals surface area contributed by atoms with Gasteiger partial charge in [0.15, 0.2) is 0 Å². The highest BCUT2D eigenvalue weighted by Crippen LogP contribution is 2.23. The summed E-state index contributed by atoms with van der Waals surface area (Å²) >= 11 is 0. The number of amides is 1. The predicted octanol–water partition coefficient (Wildman–Crippen LogP) is 2.72. The zero-order valence-corrected chi connectivity index (χ0v) is 16.4. The molecular formula is C23H26N4O2. The lowest BCUT2D eigenvalue weighted by Gasteiger charge is -2.31. The Labute approximate surface area is 170 Å². The minimum Gasteiger partial charge on any atom is -0.381 e. The molecular weight excluding hydrogens is 364 g/mol. The normalized spacial score (nSPS) is 15.8. The molecule has 29 heavy (non-hydrogen) atoms. The average Bonchev–Trinajstić information content (AvgIpc) is 3.16. The third-order valence-electron chi connectivity index (χ3n) is 5.35. The van der Waals surface area contributed by atoms with E-state index in [4.69, 9.17) is 15.6 Å². The maximum Gasteiger partial charge on any atom is 0.240 e. The highest BCUT2D eigenvalue weighted by Gasteiger charge is 2.35. The van der Waals surface area contributed by atoms with E-state index in [1.807, 2.05) is 59.4 Å². The van der Waals surface area contributed by atoms with Crippen LogP contribution in [-0.4, -0.2) is 34.4 Å². The molecule has 1 aliphatic rings. The fraction of sp³-hybridized carbons (Fsp3) is 0.304. The topological polar surface area (TPSA) is 82.2 Å². The molecule has 150 valence electrons. The van der Waals surface area contributed by atoms with Crippen LogP contribution in [-0.2, 0) is 22.6 Å². The molecule has 1 aliphatic heterocycles. The van der Waals surface area contributed by atoms with Crippen molar-refractivity contribution in [1.82, 2.24) is 15.1 Å². The van der Waals surface area contributed by atoms with Gasteiger partial charge in [0.05, 0.1) is 17.8 Å². The van der Waals surface area contributed by atoms with Crippen LogP contribution < -0.4 is 11.1 Å². The van der Waals surface area contributed by atoms with Crippen molar-refractivity contribution in [2.45, 2.75) is 31.5 Å². The minimum absolute atomic E-state index is 0.129. The van der Waals surface area contributed by atoms with Crippen molar-refractivity contribution in [2.24, 2.45) is 5.73 Å². The number of aromatic nitrogens is 2. The maximum absolute atomic E-state index is 12.7. The molecule has 1 amide bonds. The highest BCUT2D eigenvalue weighted by molar-refractivity contribution is 5.86. The number of nitrogens with two attached hydrogens (primary N) is 1. The molecule has 0 atom stereocenters. The van der Waals surface area contributed by atoms with Gasteiger partial charge in [-0.25, -0.2) is 0 Å². The Morgan fingerprint density at radius 1 is 1.07 bits per heavy atom. The second-order valence-corrected chi connectivity index (χ2v) is 7.50. The molecule has 0 spiro atoms. The molecule has 1 fully saturated rings. The molecule has 6 heteroatoms. The van der Waals surface area contributed by atoms with Crippen molar-refractivity contribution < 1.29 is 9.53 Å². The van der Waals surface area contributed by atoms with Gasteiger partial charge in [-0.05, 0) is 18.4 Å². The van der Waals surface area contributed by atoms with Gasteiger partial charge < -0.3 is 15.8 Å². The van der Waals surface area contributed by atoms with Gasteiger partial charge in [0.25, 0.3) is 0 Å². The van der Waals surface area contributed by atoms with Crippen LogP contribution in [0.4, 0.5) is 0 Å². The standard InChI is InChI=1S/C23H26N4O2/c24-23(11-13-29-14-12-23)22(28)25-15-20-17-27(16-18-7-3-1-4-8-18)26-21(20)19-9-5-2-6-10-19/h1-10,17H,11-16,24H2,(H,25,28). The number of hydrogen-bond acceptors (Lipinski definition) is 4. The summed E-state index contributed by atoms with van der Waals surface area (Å²) in [6.07, 6.45) is 3.08. The number of hydrogen-bond donors (Lipinski definition) is 2. The molecule has 0 aliphatic carbocycles. The Balaban J connectivity index is 1.55. The average molecular weight is 390 g/mol. The third-order valence-corrected chi connectivity index (χ3v) is 5.35. The summed E-state index contributed by atoms with van der Waals surface area (Å²) in [7, 11) is 0. The Morgan fingerprint density at radius 3 is 2.41 bits per heavy atom. The molecule has 1 aromatic heterocycles. The van der Waals surface area contributed by atoms with Crippen LogP contribution in [0.2, 0.25) is 0 Å². The molecule has 3 N–H and O–H groups in total. The number of nitrogens with zero attached hydrogens (tertiary/aromatic N) is 2. The van der Waals surface area contributed by atoms with Crippen LogP contribution in [0, 0.1) is 0 Å². The van der Waals surface area contributed by atoms with Crippen molar-refractivity contribution in [3.63, 3.8) is 0 Å². The molecule has 0 bridgehead atoms. The predicted molar refractivity (Wildman–Crippen MR) is 112 cm³/mol. The zero-order chi connectivity index (χ0) is 20.1. The lowest BCUT2D eigenvalue weighted by molar-refractivity contribution is -0.129. The fourth-order valence-corrected chi connectivity index (χ4v) is 3.60. The van der Waals surface area contributed by atoms with Crippen LogP contribution in [0.5, 0.6) is 0 Å². The molecule has 0 unspecified atom stereocenters. The van der Waals surface area contributed by atoms with E-state index in [1.165, 1.54) is 5.56 Å². The van der Waals surface area contributed by atoms with Crippen molar-refractivity contribution >= 4 is 5.91 Å². The van der Waals surface area contributed by atoms with Crippen molar-refractivity contribution in [2.75, 3.05) is 13.2 Å². The Hall–Kier alpha value is -2.96. The smallest absolute Gasteiger partial charge is 0.240 e. The van der Waals surface area contributed by atoms with E-state index in [0.717, 1.165) is 16.8 Å². The Kier molecular flexibility index (Phi) is 5.74. The monoisotopic (exact) mass is 390 g/mol. The van der Waals surface area contributed by atoms with E-state index < -0.39 is 5.54 Å². The summed E-state index contributed by atoms with van der Waals surface area (Å²) in [5, 5.41) is 7.82. The molecule has 0 radical (unpaired) electrons. The van der Waals surface area contributed by atoms with Gasteiger partial charge in [-0.2, -0.15) is 5.10 Å². The van der Waals surface area contributed by atoms with Crippen LogP contribution in [0.1, 0.15) is 24.0 Å². The van der Waals surface area contributed by atoms with Crippen molar-refractivity contribution in [3.8, 4) is 11.3 Å². The molecule has 2 aromatic carbocycles. The number of nitrogens with one attached hydrogen (secondary N) is 1. The molecule has 3 aromatic rings. The van der Waals surface area contributed by atoms with E-state index in [1.54, 1.807) is 0 Å². The second-order valence-electron chi connectivity index (χ2n) is 7.50. The van der Waals surface area contributed by atoms with Gasteiger partial charge in [-0.15, -0.1) is 0 Å². The first kappa shape index (κ1) is 19.4. The summed E-state index contributed by atoms with van der Waals surface area (Å²) in [6, 6.07) is 20.2. The molecule has 0 saturated carbocycles. The summed E-state index contributed by atoms with van der Waals surface area (Å²) in [4.78, 5) is 12.7. The van der Waals surface area contributed by atoms with E-state index >= 15 is 0 Å². The largest absolute Gasteiger partial charge is 0.381 e. The number of rotatable bonds is 6. The highest BCUT2D eigenvalue weighted by atomic mass is 16.5. The SMILES string of the molecule is NC1(C(=O)NCc2cn(Cc3ccccc3)nc2-c2ccccc2)CCOCC1. The van der Waals surface area contributed by atoms with E-state index in [9.17, 15) is 4.79 Å². The first-order chi connectivity index (χ1) is 14.1. The lowest BCUT2D eigenvalue weighted by atomic mass is 9.90. The van der Waals surface area contributed by atoms with E-state index in [-0.39, 0.29) is 5.91 Å².